The molecule has 0 aliphatic carbocycles. The number of esters is 1. The summed E-state index contributed by atoms with van der Waals surface area (Å²) in [5, 5.41) is 28.6. The van der Waals surface area contributed by atoms with E-state index in [9.17, 15) is 23.4 Å². The van der Waals surface area contributed by atoms with E-state index >= 15 is 0 Å². The number of aromatic amines is 1. The minimum Gasteiger partial charge on any atom is -0.479 e. The number of aliphatic carboxylic acids is 1. The van der Waals surface area contributed by atoms with E-state index in [1.54, 1.807) is 0 Å². The number of carbonyl (C=O) groups excluding carboxylic acids is 3. The number of carboxylic acids is 1. The van der Waals surface area contributed by atoms with E-state index < -0.39 is 69.9 Å². The van der Waals surface area contributed by atoms with E-state index in [-0.39, 0.29) is 28.8 Å². The number of ether oxygens (including phenoxy) is 1. The molecule has 5 rings (SSSR count). The largest absolute Gasteiger partial charge is 0.479 e. The van der Waals surface area contributed by atoms with E-state index in [2.05, 4.69) is 40.9 Å². The van der Waals surface area contributed by atoms with Gasteiger partial charge in [-0.15, -0.1) is 21.5 Å². The number of fused-ring (bicyclic) bond motifs is 3. The Labute approximate surface area is 200 Å². The summed E-state index contributed by atoms with van der Waals surface area (Å²) in [6, 6.07) is -1.28. The van der Waals surface area contributed by atoms with Crippen LogP contribution in [0.25, 0.3) is 0 Å². The standard InChI is InChI=1S/C16H15N9O8S2/c17-15-18-6(3-34-15)9(22-32-2-7(26)27)11(29)19-10-12(30)25-13(10)35(31)4-5-1-8(28)33-16(5,25)14-20-23-24-21-14/h3,5,10,13H,1-2,4H2,(H2,17,18)(H,19,29)(H,26,27)(H,20,21,23,24)/b22-9-/t5-,10+,13+,16+,35-/m0/s1. The molecule has 5 heterocycles. The highest BCUT2D eigenvalue weighted by molar-refractivity contribution is 7.85. The number of nitrogens with two attached hydrogens (primary N) is 1. The fourth-order valence-electron chi connectivity index (χ4n) is 4.18. The van der Waals surface area contributed by atoms with Gasteiger partial charge in [0, 0.05) is 27.9 Å². The van der Waals surface area contributed by atoms with Gasteiger partial charge < -0.3 is 25.7 Å². The molecule has 17 nitrogen and oxygen atoms in total. The van der Waals surface area contributed by atoms with Crippen molar-refractivity contribution in [3.8, 4) is 0 Å². The maximum absolute atomic E-state index is 13.2. The molecule has 184 valence electrons. The van der Waals surface area contributed by atoms with Gasteiger partial charge in [0.05, 0.1) is 6.42 Å². The number of nitrogen functional groups attached to an aromatic ring is 1. The number of hydrogen-bond acceptors (Lipinski definition) is 14. The Hall–Kier alpha value is -4.00. The van der Waals surface area contributed by atoms with Gasteiger partial charge in [0.25, 0.3) is 17.5 Å². The van der Waals surface area contributed by atoms with Crippen molar-refractivity contribution in [2.75, 3.05) is 18.1 Å². The lowest BCUT2D eigenvalue weighted by Crippen LogP contribution is -2.80. The third kappa shape index (κ3) is 3.58. The predicted octanol–water partition coefficient (Wildman–Crippen LogP) is -3.12. The summed E-state index contributed by atoms with van der Waals surface area (Å²) in [6.07, 6.45) is -0.100. The first-order valence-electron chi connectivity index (χ1n) is 9.82. The second-order valence-electron chi connectivity index (χ2n) is 7.58. The number of β-lactam (4-membered cyclic amide) rings is 1. The first-order valence-corrected chi connectivity index (χ1v) is 12.1. The summed E-state index contributed by atoms with van der Waals surface area (Å²) in [5.74, 6) is -4.38. The quantitative estimate of drug-likeness (QED) is 0.121. The van der Waals surface area contributed by atoms with Crippen molar-refractivity contribution < 1.29 is 38.1 Å². The number of thiazole rings is 1. The van der Waals surface area contributed by atoms with Gasteiger partial charge in [-0.25, -0.2) is 9.78 Å². The number of nitrogens with one attached hydrogen (secondary N) is 2. The second kappa shape index (κ2) is 8.34. The molecule has 19 heteroatoms. The van der Waals surface area contributed by atoms with Crippen LogP contribution < -0.4 is 11.1 Å². The van der Waals surface area contributed by atoms with Crippen LogP contribution in [0.1, 0.15) is 17.9 Å². The summed E-state index contributed by atoms with van der Waals surface area (Å²) in [6.45, 7) is -0.834. The molecule has 3 fully saturated rings. The maximum Gasteiger partial charge on any atom is 0.344 e. The van der Waals surface area contributed by atoms with E-state index in [4.69, 9.17) is 15.6 Å². The van der Waals surface area contributed by atoms with Crippen LogP contribution in [0.2, 0.25) is 0 Å². The first kappa shape index (κ1) is 22.8. The van der Waals surface area contributed by atoms with Crippen molar-refractivity contribution in [2.45, 2.75) is 23.6 Å². The molecule has 3 saturated heterocycles. The third-order valence-corrected chi connectivity index (χ3v) is 7.97. The highest BCUT2D eigenvalue weighted by Gasteiger charge is 2.72. The number of amides is 2. The molecule has 0 bridgehead atoms. The molecule has 5 atom stereocenters. The Kier molecular flexibility index (Phi) is 5.43. The maximum atomic E-state index is 13.2. The lowest BCUT2D eigenvalue weighted by molar-refractivity contribution is -0.210. The number of anilines is 1. The number of carbonyl (C=O) groups is 4. The Bertz CT molecular complexity index is 1280. The predicted molar refractivity (Wildman–Crippen MR) is 112 cm³/mol. The van der Waals surface area contributed by atoms with Gasteiger partial charge in [0.15, 0.2) is 10.8 Å². The molecule has 5 N–H and O–H groups in total. The number of nitrogens with zero attached hydrogens (tertiary/aromatic N) is 6. The van der Waals surface area contributed by atoms with Gasteiger partial charge in [-0.3, -0.25) is 23.5 Å². The average Bonchev–Trinajstić information content (AvgIpc) is 3.54. The normalized spacial score (nSPS) is 29.6. The van der Waals surface area contributed by atoms with Gasteiger partial charge in [0.1, 0.15) is 17.1 Å². The third-order valence-electron chi connectivity index (χ3n) is 5.55. The van der Waals surface area contributed by atoms with Crippen molar-refractivity contribution >= 4 is 56.7 Å². The SMILES string of the molecule is Nc1nc(/C(=N/OCC(=O)O)C(=O)N[C@@H]2C(=O)N3[C@@H]2[S@@](=O)C[C@@H]2CC(=O)O[C@@]23c2nn[nH]n2)cs1. The van der Waals surface area contributed by atoms with E-state index in [0.717, 1.165) is 16.2 Å². The fourth-order valence-corrected chi connectivity index (χ4v) is 6.65. The van der Waals surface area contributed by atoms with Crippen molar-refractivity contribution in [3.05, 3.63) is 16.9 Å². The van der Waals surface area contributed by atoms with Crippen LogP contribution in [0, 0.1) is 5.92 Å². The monoisotopic (exact) mass is 525 g/mol. The van der Waals surface area contributed by atoms with Crippen molar-refractivity contribution in [1.29, 1.82) is 0 Å². The summed E-state index contributed by atoms with van der Waals surface area (Å²) >= 11 is 0.995. The number of rotatable bonds is 7. The molecule has 2 aromatic heterocycles. The van der Waals surface area contributed by atoms with Crippen LogP contribution in [0.3, 0.4) is 0 Å². The van der Waals surface area contributed by atoms with Crippen molar-refractivity contribution in [1.82, 2.24) is 35.8 Å². The molecule has 0 aromatic carbocycles. The lowest BCUT2D eigenvalue weighted by atomic mass is 9.89. The Morgan fingerprint density at radius 1 is 1.49 bits per heavy atom. The van der Waals surface area contributed by atoms with E-state index in [1.165, 1.54) is 5.38 Å². The van der Waals surface area contributed by atoms with Crippen LogP contribution >= 0.6 is 11.3 Å². The highest BCUT2D eigenvalue weighted by Crippen LogP contribution is 2.52. The molecule has 0 saturated carbocycles. The van der Waals surface area contributed by atoms with Gasteiger partial charge in [-0.1, -0.05) is 5.16 Å². The zero-order chi connectivity index (χ0) is 24.9. The number of H-pyrrole nitrogens is 1. The van der Waals surface area contributed by atoms with Crippen molar-refractivity contribution in [2.24, 2.45) is 11.1 Å². The molecule has 3 aliphatic rings. The van der Waals surface area contributed by atoms with Crippen LogP contribution in [-0.2, 0) is 45.3 Å². The minimum atomic E-state index is -1.70. The minimum absolute atomic E-state index is 0.0168. The first-order chi connectivity index (χ1) is 16.7. The van der Waals surface area contributed by atoms with Gasteiger partial charge in [0.2, 0.25) is 12.4 Å². The van der Waals surface area contributed by atoms with E-state index in [0.29, 0.717) is 0 Å². The summed E-state index contributed by atoms with van der Waals surface area (Å²) in [7, 11) is -1.68. The fraction of sp³-hybridized carbons (Fsp3) is 0.438. The topological polar surface area (TPSA) is 245 Å². The van der Waals surface area contributed by atoms with Gasteiger partial charge in [-0.05, 0) is 5.21 Å². The Morgan fingerprint density at radius 2 is 2.29 bits per heavy atom. The number of aromatic nitrogens is 5. The van der Waals surface area contributed by atoms with Crippen LogP contribution in [0.15, 0.2) is 10.5 Å². The van der Waals surface area contributed by atoms with Gasteiger partial charge in [-0.2, -0.15) is 5.21 Å². The Balaban J connectivity index is 1.42. The van der Waals surface area contributed by atoms with Gasteiger partial charge >= 0.3 is 11.9 Å². The molecule has 2 amide bonds. The molecule has 0 spiro atoms. The molecular formula is C16H15N9O8S2. The van der Waals surface area contributed by atoms with Crippen LogP contribution in [-0.4, -0.2) is 93.1 Å². The molecule has 0 radical (unpaired) electrons. The smallest absolute Gasteiger partial charge is 0.344 e. The van der Waals surface area contributed by atoms with Crippen LogP contribution in [0.4, 0.5) is 5.13 Å². The molecule has 3 aliphatic heterocycles. The molecule has 0 unspecified atom stereocenters. The second-order valence-corrected chi connectivity index (χ2v) is 10.0. The number of carboxylic acid groups (broad SMARTS) is 1. The summed E-state index contributed by atoms with van der Waals surface area (Å²) < 4.78 is 18.5. The van der Waals surface area contributed by atoms with Crippen LogP contribution in [0.5, 0.6) is 0 Å². The molecular weight excluding hydrogens is 510 g/mol. The Morgan fingerprint density at radius 3 is 2.94 bits per heavy atom. The van der Waals surface area contributed by atoms with Crippen molar-refractivity contribution in [3.63, 3.8) is 0 Å². The molecule has 35 heavy (non-hydrogen) atoms. The molecule has 2 aromatic rings. The van der Waals surface area contributed by atoms with E-state index in [1.807, 2.05) is 0 Å². The average molecular weight is 525 g/mol. The number of hydrogen-bond donors (Lipinski definition) is 4. The zero-order valence-corrected chi connectivity index (χ0v) is 18.9. The summed E-state index contributed by atoms with van der Waals surface area (Å²) in [4.78, 5) is 58.8. The highest BCUT2D eigenvalue weighted by atomic mass is 32.2. The number of tetrazole rings is 1. The zero-order valence-electron chi connectivity index (χ0n) is 17.3. The summed E-state index contributed by atoms with van der Waals surface area (Å²) in [5.41, 5.74) is 3.45. The lowest BCUT2D eigenvalue weighted by Gasteiger charge is -2.56. The number of oxime groups is 1.